The van der Waals surface area contributed by atoms with Gasteiger partial charge in [-0.3, -0.25) is 9.89 Å². The third-order valence-electron chi connectivity index (χ3n) is 5.00. The van der Waals surface area contributed by atoms with Crippen molar-refractivity contribution in [1.82, 2.24) is 15.6 Å². The first-order valence-corrected chi connectivity index (χ1v) is 9.70. The smallest absolute Gasteiger partial charge is 0.289 e. The molecule has 4 aromatic rings. The van der Waals surface area contributed by atoms with Crippen molar-refractivity contribution in [3.63, 3.8) is 0 Å². The van der Waals surface area contributed by atoms with Gasteiger partial charge < -0.3 is 9.47 Å². The molecule has 4 rings (SSSR count). The lowest BCUT2D eigenvalue weighted by molar-refractivity contribution is 0.0950. The topological polar surface area (TPSA) is 88.6 Å². The Kier molecular flexibility index (Phi) is 5.66. The molecule has 31 heavy (non-hydrogen) atoms. The van der Waals surface area contributed by atoms with Gasteiger partial charge >= 0.3 is 0 Å². The highest BCUT2D eigenvalue weighted by Crippen LogP contribution is 2.32. The fourth-order valence-corrected chi connectivity index (χ4v) is 3.26. The summed E-state index contributed by atoms with van der Waals surface area (Å²) < 4.78 is 10.7. The summed E-state index contributed by atoms with van der Waals surface area (Å²) in [5.74, 6) is 0.908. The van der Waals surface area contributed by atoms with E-state index >= 15 is 0 Å². The number of carbonyl (C=O) groups excluding carboxylic acids is 1. The Morgan fingerprint density at radius 1 is 0.968 bits per heavy atom. The van der Waals surface area contributed by atoms with E-state index in [1.54, 1.807) is 38.5 Å². The van der Waals surface area contributed by atoms with E-state index in [0.717, 1.165) is 16.3 Å². The molecule has 0 bridgehead atoms. The number of nitrogens with zero attached hydrogens (tertiary/aromatic N) is 2. The third-order valence-corrected chi connectivity index (χ3v) is 5.00. The summed E-state index contributed by atoms with van der Waals surface area (Å²) in [5.41, 5.74) is 5.79. The van der Waals surface area contributed by atoms with Gasteiger partial charge in [0.15, 0.2) is 0 Å². The lowest BCUT2D eigenvalue weighted by Gasteiger charge is -2.08. The number of aromatic amines is 1. The summed E-state index contributed by atoms with van der Waals surface area (Å²) in [6, 6.07) is 21.2. The van der Waals surface area contributed by atoms with Crippen LogP contribution < -0.4 is 14.9 Å². The second kappa shape index (κ2) is 8.71. The molecule has 0 aliphatic carbocycles. The number of H-pyrrole nitrogens is 1. The van der Waals surface area contributed by atoms with E-state index in [1.165, 1.54) is 0 Å². The summed E-state index contributed by atoms with van der Waals surface area (Å²) in [6.07, 6.45) is 0. The number of carbonyl (C=O) groups is 1. The molecule has 1 heterocycles. The van der Waals surface area contributed by atoms with Gasteiger partial charge in [-0.25, -0.2) is 5.43 Å². The Morgan fingerprint density at radius 2 is 1.77 bits per heavy atom. The van der Waals surface area contributed by atoms with Gasteiger partial charge in [-0.1, -0.05) is 36.4 Å². The molecule has 7 nitrogen and oxygen atoms in total. The Bertz CT molecular complexity index is 1280. The van der Waals surface area contributed by atoms with Crippen LogP contribution in [0.2, 0.25) is 0 Å². The molecule has 0 fully saturated rings. The van der Waals surface area contributed by atoms with Crippen LogP contribution in [0, 0.1) is 0 Å². The molecule has 0 saturated heterocycles. The van der Waals surface area contributed by atoms with Gasteiger partial charge in [0.05, 0.1) is 25.6 Å². The maximum atomic E-state index is 12.6. The van der Waals surface area contributed by atoms with Crippen molar-refractivity contribution in [3.8, 4) is 22.8 Å². The van der Waals surface area contributed by atoms with E-state index in [2.05, 4.69) is 26.8 Å². The zero-order valence-corrected chi connectivity index (χ0v) is 17.5. The number of benzene rings is 3. The average molecular weight is 414 g/mol. The molecule has 0 saturated carbocycles. The average Bonchev–Trinajstić information content (AvgIpc) is 3.31. The van der Waals surface area contributed by atoms with E-state index in [1.807, 2.05) is 43.3 Å². The van der Waals surface area contributed by atoms with Crippen molar-refractivity contribution in [2.75, 3.05) is 14.2 Å². The van der Waals surface area contributed by atoms with Crippen LogP contribution in [0.4, 0.5) is 0 Å². The summed E-state index contributed by atoms with van der Waals surface area (Å²) >= 11 is 0. The minimum absolute atomic E-state index is 0.287. The van der Waals surface area contributed by atoms with Crippen molar-refractivity contribution in [2.24, 2.45) is 5.10 Å². The van der Waals surface area contributed by atoms with E-state index in [9.17, 15) is 4.79 Å². The van der Waals surface area contributed by atoms with E-state index in [4.69, 9.17) is 9.47 Å². The minimum atomic E-state index is -0.388. The third kappa shape index (κ3) is 4.25. The standard InChI is InChI=1S/C24H22N4O3/c1-15(17-9-8-16-6-4-5-7-18(16)12-17)25-28-24(29)22-14-21(26-27-22)20-13-19(30-2)10-11-23(20)31-3/h4-14H,1-3H3,(H,26,27)(H,28,29). The van der Waals surface area contributed by atoms with Crippen LogP contribution in [0.15, 0.2) is 71.8 Å². The largest absolute Gasteiger partial charge is 0.497 e. The van der Waals surface area contributed by atoms with Gasteiger partial charge in [0.25, 0.3) is 5.91 Å². The van der Waals surface area contributed by atoms with Crippen LogP contribution in [0.3, 0.4) is 0 Å². The fraction of sp³-hybridized carbons (Fsp3) is 0.125. The predicted molar refractivity (Wildman–Crippen MR) is 121 cm³/mol. The Balaban J connectivity index is 1.52. The number of amides is 1. The van der Waals surface area contributed by atoms with Crippen molar-refractivity contribution in [2.45, 2.75) is 6.92 Å². The molecule has 0 aliphatic rings. The minimum Gasteiger partial charge on any atom is -0.497 e. The number of ether oxygens (including phenoxy) is 2. The van der Waals surface area contributed by atoms with Crippen LogP contribution in [0.25, 0.3) is 22.0 Å². The molecule has 3 aromatic carbocycles. The number of hydrogen-bond acceptors (Lipinski definition) is 5. The first-order chi connectivity index (χ1) is 15.1. The number of fused-ring (bicyclic) bond motifs is 1. The molecule has 0 unspecified atom stereocenters. The first kappa shape index (κ1) is 20.2. The highest BCUT2D eigenvalue weighted by Gasteiger charge is 2.15. The zero-order chi connectivity index (χ0) is 21.8. The Hall–Kier alpha value is -4.13. The van der Waals surface area contributed by atoms with Crippen LogP contribution in [-0.4, -0.2) is 36.0 Å². The lowest BCUT2D eigenvalue weighted by Crippen LogP contribution is -2.19. The number of aromatic nitrogens is 2. The highest BCUT2D eigenvalue weighted by atomic mass is 16.5. The molecule has 0 aliphatic heterocycles. The first-order valence-electron chi connectivity index (χ1n) is 9.70. The Morgan fingerprint density at radius 3 is 2.55 bits per heavy atom. The molecule has 7 heteroatoms. The SMILES string of the molecule is COc1ccc(OC)c(-c2cc(C(=O)NN=C(C)c3ccc4ccccc4c3)[nH]n2)c1. The van der Waals surface area contributed by atoms with Gasteiger partial charge in [0, 0.05) is 5.56 Å². The fourth-order valence-electron chi connectivity index (χ4n) is 3.26. The van der Waals surface area contributed by atoms with Crippen molar-refractivity contribution in [3.05, 3.63) is 78.0 Å². The molecule has 0 radical (unpaired) electrons. The van der Waals surface area contributed by atoms with Crippen molar-refractivity contribution < 1.29 is 14.3 Å². The van der Waals surface area contributed by atoms with Gasteiger partial charge in [0.1, 0.15) is 17.2 Å². The predicted octanol–water partition coefficient (Wildman–Crippen LogP) is 4.40. The number of methoxy groups -OCH3 is 2. The summed E-state index contributed by atoms with van der Waals surface area (Å²) in [4.78, 5) is 12.6. The molecule has 0 spiro atoms. The van der Waals surface area contributed by atoms with Gasteiger partial charge in [0.2, 0.25) is 0 Å². The molecule has 1 amide bonds. The second-order valence-electron chi connectivity index (χ2n) is 6.93. The summed E-state index contributed by atoms with van der Waals surface area (Å²) in [6.45, 7) is 1.85. The molecular formula is C24H22N4O3. The molecular weight excluding hydrogens is 392 g/mol. The number of nitrogens with one attached hydrogen (secondary N) is 2. The van der Waals surface area contributed by atoms with Gasteiger partial charge in [-0.15, -0.1) is 0 Å². The van der Waals surface area contributed by atoms with Crippen molar-refractivity contribution >= 4 is 22.4 Å². The number of hydrazone groups is 1. The normalized spacial score (nSPS) is 11.4. The number of hydrogen-bond donors (Lipinski definition) is 2. The van der Waals surface area contributed by atoms with Gasteiger partial charge in [-0.2, -0.15) is 10.2 Å². The summed E-state index contributed by atoms with van der Waals surface area (Å²) in [7, 11) is 3.17. The van der Waals surface area contributed by atoms with Crippen LogP contribution in [0.1, 0.15) is 23.0 Å². The molecule has 0 atom stereocenters. The highest BCUT2D eigenvalue weighted by molar-refractivity contribution is 6.03. The van der Waals surface area contributed by atoms with E-state index in [-0.39, 0.29) is 11.6 Å². The Labute approximate surface area is 179 Å². The van der Waals surface area contributed by atoms with Crippen molar-refractivity contribution in [1.29, 1.82) is 0 Å². The van der Waals surface area contributed by atoms with Crippen LogP contribution >= 0.6 is 0 Å². The maximum Gasteiger partial charge on any atom is 0.289 e. The summed E-state index contributed by atoms with van der Waals surface area (Å²) in [5, 5.41) is 13.5. The molecule has 156 valence electrons. The lowest BCUT2D eigenvalue weighted by atomic mass is 10.0. The molecule has 2 N–H and O–H groups in total. The number of rotatable bonds is 6. The quantitative estimate of drug-likeness (QED) is 0.362. The van der Waals surface area contributed by atoms with Gasteiger partial charge in [-0.05, 0) is 53.6 Å². The second-order valence-corrected chi connectivity index (χ2v) is 6.93. The zero-order valence-electron chi connectivity index (χ0n) is 17.5. The monoisotopic (exact) mass is 414 g/mol. The molecule has 1 aromatic heterocycles. The van der Waals surface area contributed by atoms with E-state index < -0.39 is 0 Å². The van der Waals surface area contributed by atoms with Crippen LogP contribution in [-0.2, 0) is 0 Å². The maximum absolute atomic E-state index is 12.6. The van der Waals surface area contributed by atoms with Crippen LogP contribution in [0.5, 0.6) is 11.5 Å². The van der Waals surface area contributed by atoms with E-state index in [0.29, 0.717) is 28.5 Å².